The zero-order chi connectivity index (χ0) is 23.5. The van der Waals surface area contributed by atoms with Gasteiger partial charge in [-0.05, 0) is 61.4 Å². The molecule has 0 bridgehead atoms. The van der Waals surface area contributed by atoms with Gasteiger partial charge >= 0.3 is 6.09 Å². The van der Waals surface area contributed by atoms with Crippen LogP contribution < -0.4 is 4.90 Å². The molecule has 1 saturated heterocycles. The Morgan fingerprint density at radius 1 is 1.21 bits per heavy atom. The Morgan fingerprint density at radius 3 is 2.73 bits per heavy atom. The summed E-state index contributed by atoms with van der Waals surface area (Å²) in [7, 11) is 0. The Morgan fingerprint density at radius 2 is 2.00 bits per heavy atom. The number of rotatable bonds is 6. The highest BCUT2D eigenvalue weighted by molar-refractivity contribution is 5.92. The molecular weight excluding hydrogens is 416 g/mol. The standard InChI is InChI=1S/C26H32N4O3/c1-17(2)14-30(26(32)33)16-19-7-6-12-29(15-19)25-20-11-10-18(3)13-22(20)27-24(28-25)21-8-4-5-9-23(21)31/h4-5,8-11,13,17,19,31H,6-7,12,14-16H2,1-3H3,(H,32,33). The summed E-state index contributed by atoms with van der Waals surface area (Å²) in [5.41, 5.74) is 2.55. The second-order valence-electron chi connectivity index (χ2n) is 9.44. The molecule has 1 aliphatic rings. The van der Waals surface area contributed by atoms with Crippen LogP contribution in [-0.4, -0.2) is 57.4 Å². The van der Waals surface area contributed by atoms with E-state index in [1.54, 1.807) is 17.0 Å². The lowest BCUT2D eigenvalue weighted by molar-refractivity contribution is 0.128. The van der Waals surface area contributed by atoms with E-state index in [1.165, 1.54) is 0 Å². The lowest BCUT2D eigenvalue weighted by Gasteiger charge is -2.36. The second kappa shape index (κ2) is 9.65. The first-order valence-corrected chi connectivity index (χ1v) is 11.6. The van der Waals surface area contributed by atoms with Gasteiger partial charge in [0, 0.05) is 31.6 Å². The molecule has 1 aromatic heterocycles. The number of nitrogens with zero attached hydrogens (tertiary/aromatic N) is 4. The van der Waals surface area contributed by atoms with Crippen molar-refractivity contribution < 1.29 is 15.0 Å². The van der Waals surface area contributed by atoms with Crippen molar-refractivity contribution in [2.75, 3.05) is 31.1 Å². The molecule has 0 spiro atoms. The minimum absolute atomic E-state index is 0.151. The fraction of sp³-hybridized carbons (Fsp3) is 0.423. The lowest BCUT2D eigenvalue weighted by atomic mass is 9.96. The van der Waals surface area contributed by atoms with E-state index in [2.05, 4.69) is 17.0 Å². The number of anilines is 1. The Balaban J connectivity index is 1.69. The molecule has 1 fully saturated rings. The fourth-order valence-electron chi connectivity index (χ4n) is 4.64. The Hall–Kier alpha value is -3.35. The molecule has 1 unspecified atom stereocenters. The first-order valence-electron chi connectivity index (χ1n) is 11.6. The summed E-state index contributed by atoms with van der Waals surface area (Å²) in [6.07, 6.45) is 1.11. The van der Waals surface area contributed by atoms with Crippen LogP contribution in [0.3, 0.4) is 0 Å². The fourth-order valence-corrected chi connectivity index (χ4v) is 4.64. The highest BCUT2D eigenvalue weighted by Gasteiger charge is 2.27. The van der Waals surface area contributed by atoms with Crippen LogP contribution in [0, 0.1) is 18.8 Å². The predicted molar refractivity (Wildman–Crippen MR) is 131 cm³/mol. The van der Waals surface area contributed by atoms with E-state index in [0.29, 0.717) is 24.5 Å². The van der Waals surface area contributed by atoms with Gasteiger partial charge in [-0.15, -0.1) is 0 Å². The van der Waals surface area contributed by atoms with Crippen LogP contribution in [0.5, 0.6) is 5.75 Å². The van der Waals surface area contributed by atoms with Crippen molar-refractivity contribution in [3.8, 4) is 17.1 Å². The van der Waals surface area contributed by atoms with Crippen LogP contribution in [0.4, 0.5) is 10.6 Å². The molecule has 3 aromatic rings. The first-order chi connectivity index (χ1) is 15.8. The summed E-state index contributed by atoms with van der Waals surface area (Å²) in [6.45, 7) is 8.78. The summed E-state index contributed by atoms with van der Waals surface area (Å²) in [5.74, 6) is 2.01. The molecule has 2 heterocycles. The number of aryl methyl sites for hydroxylation is 1. The summed E-state index contributed by atoms with van der Waals surface area (Å²) < 4.78 is 0. The molecule has 4 rings (SSSR count). The third kappa shape index (κ3) is 5.18. The van der Waals surface area contributed by atoms with E-state index in [4.69, 9.17) is 9.97 Å². The van der Waals surface area contributed by atoms with Crippen LogP contribution in [0.15, 0.2) is 42.5 Å². The minimum Gasteiger partial charge on any atom is -0.507 e. The van der Waals surface area contributed by atoms with Gasteiger partial charge in [0.15, 0.2) is 5.82 Å². The SMILES string of the molecule is Cc1ccc2c(N3CCCC(CN(CC(C)C)C(=O)O)C3)nc(-c3ccccc3O)nc2c1. The van der Waals surface area contributed by atoms with Crippen molar-refractivity contribution in [1.82, 2.24) is 14.9 Å². The number of aromatic hydroxyl groups is 1. The normalized spacial score (nSPS) is 16.4. The van der Waals surface area contributed by atoms with Crippen molar-refractivity contribution in [3.63, 3.8) is 0 Å². The van der Waals surface area contributed by atoms with Crippen molar-refractivity contribution >= 4 is 22.8 Å². The van der Waals surface area contributed by atoms with Gasteiger partial charge in [0.1, 0.15) is 11.6 Å². The zero-order valence-corrected chi connectivity index (χ0v) is 19.5. The monoisotopic (exact) mass is 448 g/mol. The number of phenolic OH excluding ortho intramolecular Hbond substituents is 1. The Kier molecular flexibility index (Phi) is 6.67. The molecule has 0 radical (unpaired) electrons. The molecule has 33 heavy (non-hydrogen) atoms. The van der Waals surface area contributed by atoms with Gasteiger partial charge < -0.3 is 20.0 Å². The highest BCUT2D eigenvalue weighted by Crippen LogP contribution is 2.33. The van der Waals surface area contributed by atoms with Crippen LogP contribution in [0.2, 0.25) is 0 Å². The summed E-state index contributed by atoms with van der Waals surface area (Å²) in [5, 5.41) is 21.0. The van der Waals surface area contributed by atoms with E-state index < -0.39 is 6.09 Å². The predicted octanol–water partition coefficient (Wildman–Crippen LogP) is 5.16. The van der Waals surface area contributed by atoms with Gasteiger partial charge in [0.2, 0.25) is 0 Å². The number of piperidine rings is 1. The summed E-state index contributed by atoms with van der Waals surface area (Å²) in [6, 6.07) is 13.3. The summed E-state index contributed by atoms with van der Waals surface area (Å²) >= 11 is 0. The minimum atomic E-state index is -0.856. The van der Waals surface area contributed by atoms with E-state index >= 15 is 0 Å². The number of fused-ring (bicyclic) bond motifs is 1. The lowest BCUT2D eigenvalue weighted by Crippen LogP contribution is -2.44. The van der Waals surface area contributed by atoms with E-state index in [-0.39, 0.29) is 17.6 Å². The zero-order valence-electron chi connectivity index (χ0n) is 19.5. The van der Waals surface area contributed by atoms with Crippen LogP contribution in [0.1, 0.15) is 32.3 Å². The second-order valence-corrected chi connectivity index (χ2v) is 9.44. The number of hydrogen-bond donors (Lipinski definition) is 2. The van der Waals surface area contributed by atoms with E-state index in [9.17, 15) is 15.0 Å². The molecule has 174 valence electrons. The Bertz CT molecular complexity index is 1150. The average Bonchev–Trinajstić information content (AvgIpc) is 2.78. The molecule has 2 aromatic carbocycles. The number of benzene rings is 2. The quantitative estimate of drug-likeness (QED) is 0.541. The molecular formula is C26H32N4O3. The average molecular weight is 449 g/mol. The van der Waals surface area contributed by atoms with Crippen LogP contribution >= 0.6 is 0 Å². The van der Waals surface area contributed by atoms with E-state index in [0.717, 1.165) is 48.2 Å². The van der Waals surface area contributed by atoms with Gasteiger partial charge in [-0.2, -0.15) is 0 Å². The van der Waals surface area contributed by atoms with Gasteiger partial charge in [0.05, 0.1) is 11.1 Å². The van der Waals surface area contributed by atoms with E-state index in [1.807, 2.05) is 39.0 Å². The van der Waals surface area contributed by atoms with Crippen LogP contribution in [-0.2, 0) is 0 Å². The number of carboxylic acid groups (broad SMARTS) is 1. The van der Waals surface area contributed by atoms with Crippen molar-refractivity contribution in [2.45, 2.75) is 33.6 Å². The molecule has 2 N–H and O–H groups in total. The largest absolute Gasteiger partial charge is 0.507 e. The molecule has 0 aliphatic carbocycles. The number of hydrogen-bond acceptors (Lipinski definition) is 5. The van der Waals surface area contributed by atoms with Gasteiger partial charge in [-0.3, -0.25) is 0 Å². The molecule has 0 saturated carbocycles. The maximum atomic E-state index is 11.8. The van der Waals surface area contributed by atoms with Gasteiger partial charge in [-0.1, -0.05) is 32.0 Å². The third-order valence-corrected chi connectivity index (χ3v) is 6.13. The number of aromatic nitrogens is 2. The van der Waals surface area contributed by atoms with Crippen molar-refractivity contribution in [3.05, 3.63) is 48.0 Å². The molecule has 1 amide bonds. The molecule has 1 aliphatic heterocycles. The van der Waals surface area contributed by atoms with Gasteiger partial charge in [-0.25, -0.2) is 14.8 Å². The van der Waals surface area contributed by atoms with Gasteiger partial charge in [0.25, 0.3) is 0 Å². The topological polar surface area (TPSA) is 89.8 Å². The molecule has 7 heteroatoms. The van der Waals surface area contributed by atoms with Crippen LogP contribution in [0.25, 0.3) is 22.3 Å². The highest BCUT2D eigenvalue weighted by atomic mass is 16.4. The number of phenols is 1. The third-order valence-electron chi connectivity index (χ3n) is 6.13. The smallest absolute Gasteiger partial charge is 0.407 e. The van der Waals surface area contributed by atoms with Crippen molar-refractivity contribution in [1.29, 1.82) is 0 Å². The number of amides is 1. The number of para-hydroxylation sites is 1. The molecule has 7 nitrogen and oxygen atoms in total. The molecule has 1 atom stereocenters. The van der Waals surface area contributed by atoms with Crippen molar-refractivity contribution in [2.24, 2.45) is 11.8 Å². The maximum absolute atomic E-state index is 11.8. The summed E-state index contributed by atoms with van der Waals surface area (Å²) in [4.78, 5) is 25.2. The first kappa shape index (κ1) is 22.8. The number of carbonyl (C=O) groups is 1. The Labute approximate surface area is 194 Å². The maximum Gasteiger partial charge on any atom is 0.407 e.